The molecular weight excluding hydrogens is 512 g/mol. The molecule has 0 unspecified atom stereocenters. The number of thiazole rings is 1. The zero-order chi connectivity index (χ0) is 26.6. The number of nitrogens with zero attached hydrogens (tertiary/aromatic N) is 3. The number of aryl methyl sites for hydroxylation is 2. The summed E-state index contributed by atoms with van der Waals surface area (Å²) in [6.07, 6.45) is 0.499. The average Bonchev–Trinajstić information content (AvgIpc) is 3.36. The largest absolute Gasteiger partial charge is 0.479 e. The summed E-state index contributed by atoms with van der Waals surface area (Å²) >= 11 is 7.60. The minimum atomic E-state index is -1.19. The Balaban J connectivity index is 1.78. The summed E-state index contributed by atoms with van der Waals surface area (Å²) in [6.45, 7) is 7.37. The predicted molar refractivity (Wildman–Crippen MR) is 146 cm³/mol. The first-order valence-electron chi connectivity index (χ1n) is 11.6. The summed E-state index contributed by atoms with van der Waals surface area (Å²) in [5.41, 5.74) is 4.61. The summed E-state index contributed by atoms with van der Waals surface area (Å²) in [6, 6.07) is 11.0. The van der Waals surface area contributed by atoms with Crippen molar-refractivity contribution < 1.29 is 14.6 Å². The van der Waals surface area contributed by atoms with Crippen LogP contribution in [0.3, 0.4) is 0 Å². The van der Waals surface area contributed by atoms with Crippen LogP contribution in [0.2, 0.25) is 5.02 Å². The molecule has 190 valence electrons. The minimum absolute atomic E-state index is 0.243. The van der Waals surface area contributed by atoms with E-state index in [1.54, 1.807) is 25.4 Å². The second kappa shape index (κ2) is 9.09. The number of carbonyl (C=O) groups is 1. The van der Waals surface area contributed by atoms with E-state index < -0.39 is 17.7 Å². The van der Waals surface area contributed by atoms with E-state index in [4.69, 9.17) is 21.3 Å². The Labute approximate surface area is 221 Å². The summed E-state index contributed by atoms with van der Waals surface area (Å²) < 4.78 is 8.34. The number of aliphatic carboxylic acids is 1. The third-order valence-electron chi connectivity index (χ3n) is 6.00. The van der Waals surface area contributed by atoms with Gasteiger partial charge >= 0.3 is 11.7 Å². The fourth-order valence-corrected chi connectivity index (χ4v) is 5.62. The van der Waals surface area contributed by atoms with E-state index in [1.165, 1.54) is 15.9 Å². The lowest BCUT2D eigenvalue weighted by Crippen LogP contribution is -2.28. The van der Waals surface area contributed by atoms with Gasteiger partial charge in [0.2, 0.25) is 0 Å². The van der Waals surface area contributed by atoms with E-state index >= 15 is 0 Å². The number of H-pyrrole nitrogens is 1. The molecule has 0 fully saturated rings. The standard InChI is InChI=1S/C27H25ClN4O4S/c1-13-10-17-22(37-24(30-17)15-11-18-23(29-12-15)32(5)26(35)31-18)20(14-6-8-16(28)9-7-14)19(13)21(25(33)34)36-27(2,3)4/h6-12,21H,1-5H3,(H,31,35)(H,33,34)/t21-/m0/s1. The van der Waals surface area contributed by atoms with Gasteiger partial charge in [-0.15, -0.1) is 11.3 Å². The van der Waals surface area contributed by atoms with E-state index in [0.29, 0.717) is 26.8 Å². The van der Waals surface area contributed by atoms with Crippen molar-refractivity contribution in [2.24, 2.45) is 7.05 Å². The van der Waals surface area contributed by atoms with Gasteiger partial charge in [0.15, 0.2) is 11.8 Å². The number of hydrogen-bond acceptors (Lipinski definition) is 6. The molecule has 0 saturated carbocycles. The lowest BCUT2D eigenvalue weighted by atomic mass is 9.91. The number of aromatic nitrogens is 4. The summed E-state index contributed by atoms with van der Waals surface area (Å²) in [5, 5.41) is 11.5. The number of pyridine rings is 1. The SMILES string of the molecule is Cc1cc2nc(-c3cnc4c(c3)[nH]c(=O)n4C)sc2c(-c2ccc(Cl)cc2)c1[C@H](OC(C)(C)C)C(=O)O. The first-order chi connectivity index (χ1) is 17.4. The van der Waals surface area contributed by atoms with Crippen LogP contribution in [0.15, 0.2) is 47.4 Å². The van der Waals surface area contributed by atoms with Gasteiger partial charge in [-0.1, -0.05) is 23.7 Å². The number of fused-ring (bicyclic) bond motifs is 2. The van der Waals surface area contributed by atoms with Crippen molar-refractivity contribution in [3.63, 3.8) is 0 Å². The summed E-state index contributed by atoms with van der Waals surface area (Å²) in [5.74, 6) is -1.07. The number of benzene rings is 2. The van der Waals surface area contributed by atoms with Gasteiger partial charge in [0.05, 0.1) is 21.3 Å². The molecule has 2 aromatic carbocycles. The maximum atomic E-state index is 12.5. The number of aromatic amines is 1. The second-order valence-electron chi connectivity index (χ2n) is 9.89. The zero-order valence-electron chi connectivity index (χ0n) is 20.9. The van der Waals surface area contributed by atoms with Gasteiger partial charge in [0, 0.05) is 35.0 Å². The molecule has 8 nitrogen and oxygen atoms in total. The average molecular weight is 537 g/mol. The Bertz CT molecular complexity index is 1730. The van der Waals surface area contributed by atoms with E-state index in [1.807, 2.05) is 52.0 Å². The van der Waals surface area contributed by atoms with Crippen LogP contribution in [0.25, 0.3) is 43.1 Å². The fourth-order valence-electron chi connectivity index (χ4n) is 4.39. The highest BCUT2D eigenvalue weighted by Crippen LogP contribution is 2.44. The Morgan fingerprint density at radius 3 is 2.54 bits per heavy atom. The smallest absolute Gasteiger partial charge is 0.337 e. The third-order valence-corrected chi connectivity index (χ3v) is 7.39. The molecule has 3 aromatic heterocycles. The quantitative estimate of drug-likeness (QED) is 0.280. The lowest BCUT2D eigenvalue weighted by molar-refractivity contribution is -0.160. The number of ether oxygens (including phenoxy) is 1. The highest BCUT2D eigenvalue weighted by atomic mass is 35.5. The summed E-state index contributed by atoms with van der Waals surface area (Å²) in [4.78, 5) is 36.6. The molecular formula is C27H25ClN4O4S. The monoisotopic (exact) mass is 536 g/mol. The van der Waals surface area contributed by atoms with Crippen molar-refractivity contribution in [1.29, 1.82) is 0 Å². The van der Waals surface area contributed by atoms with Gasteiger partial charge in [0.25, 0.3) is 0 Å². The number of carboxylic acid groups (broad SMARTS) is 1. The molecule has 0 aliphatic rings. The van der Waals surface area contributed by atoms with Crippen LogP contribution in [-0.4, -0.2) is 36.2 Å². The van der Waals surface area contributed by atoms with Crippen molar-refractivity contribution >= 4 is 50.3 Å². The molecule has 5 aromatic rings. The van der Waals surface area contributed by atoms with Crippen LogP contribution in [0, 0.1) is 6.92 Å². The van der Waals surface area contributed by atoms with Crippen LogP contribution in [-0.2, 0) is 16.6 Å². The summed E-state index contributed by atoms with van der Waals surface area (Å²) in [7, 11) is 1.66. The van der Waals surface area contributed by atoms with Crippen LogP contribution in [0.4, 0.5) is 0 Å². The molecule has 3 heterocycles. The van der Waals surface area contributed by atoms with Crippen molar-refractivity contribution in [2.75, 3.05) is 0 Å². The Hall–Kier alpha value is -3.53. The molecule has 0 spiro atoms. The molecule has 0 bridgehead atoms. The van der Waals surface area contributed by atoms with Gasteiger partial charge in [-0.3, -0.25) is 4.57 Å². The van der Waals surface area contributed by atoms with Crippen molar-refractivity contribution in [2.45, 2.75) is 39.4 Å². The van der Waals surface area contributed by atoms with Crippen LogP contribution < -0.4 is 5.69 Å². The lowest BCUT2D eigenvalue weighted by Gasteiger charge is -2.28. The Kier molecular flexibility index (Phi) is 6.18. The fraction of sp³-hybridized carbons (Fsp3) is 0.259. The van der Waals surface area contributed by atoms with E-state index in [2.05, 4.69) is 9.97 Å². The normalized spacial score (nSPS) is 12.9. The second-order valence-corrected chi connectivity index (χ2v) is 11.3. The zero-order valence-corrected chi connectivity index (χ0v) is 22.5. The number of hydrogen-bond donors (Lipinski definition) is 2. The van der Waals surface area contributed by atoms with Gasteiger partial charge in [-0.2, -0.15) is 0 Å². The first kappa shape index (κ1) is 25.1. The van der Waals surface area contributed by atoms with Crippen LogP contribution >= 0.6 is 22.9 Å². The molecule has 5 rings (SSSR count). The number of carboxylic acids is 1. The number of nitrogens with one attached hydrogen (secondary N) is 1. The van der Waals surface area contributed by atoms with Crippen molar-refractivity contribution in [3.05, 3.63) is 69.2 Å². The molecule has 0 amide bonds. The van der Waals surface area contributed by atoms with Gasteiger partial charge in [0.1, 0.15) is 5.01 Å². The van der Waals surface area contributed by atoms with Gasteiger partial charge in [-0.05, 0) is 63.1 Å². The third kappa shape index (κ3) is 4.66. The number of imidazole rings is 1. The number of halogens is 1. The maximum absolute atomic E-state index is 12.5. The molecule has 0 aliphatic heterocycles. The van der Waals surface area contributed by atoms with Crippen molar-refractivity contribution in [1.82, 2.24) is 19.5 Å². The molecule has 1 atom stereocenters. The highest BCUT2D eigenvalue weighted by molar-refractivity contribution is 7.22. The molecule has 0 radical (unpaired) electrons. The highest BCUT2D eigenvalue weighted by Gasteiger charge is 2.32. The van der Waals surface area contributed by atoms with Crippen molar-refractivity contribution in [3.8, 4) is 21.7 Å². The maximum Gasteiger partial charge on any atom is 0.337 e. The van der Waals surface area contributed by atoms with E-state index in [0.717, 1.165) is 32.5 Å². The molecule has 2 N–H and O–H groups in total. The number of rotatable bonds is 5. The molecule has 0 aliphatic carbocycles. The molecule has 37 heavy (non-hydrogen) atoms. The Morgan fingerprint density at radius 2 is 1.89 bits per heavy atom. The molecule has 0 saturated heterocycles. The van der Waals surface area contributed by atoms with Crippen LogP contribution in [0.5, 0.6) is 0 Å². The Morgan fingerprint density at radius 1 is 1.19 bits per heavy atom. The van der Waals surface area contributed by atoms with Gasteiger partial charge < -0.3 is 14.8 Å². The molecule has 10 heteroatoms. The van der Waals surface area contributed by atoms with Gasteiger partial charge in [-0.25, -0.2) is 19.6 Å². The van der Waals surface area contributed by atoms with Crippen LogP contribution in [0.1, 0.15) is 38.0 Å². The van der Waals surface area contributed by atoms with E-state index in [-0.39, 0.29) is 5.69 Å². The topological polar surface area (TPSA) is 110 Å². The minimum Gasteiger partial charge on any atom is -0.479 e. The predicted octanol–water partition coefficient (Wildman–Crippen LogP) is 6.11. The van der Waals surface area contributed by atoms with E-state index in [9.17, 15) is 14.7 Å². The first-order valence-corrected chi connectivity index (χ1v) is 12.8.